The zero-order valence-electron chi connectivity index (χ0n) is 10.5. The third kappa shape index (κ3) is 3.95. The van der Waals surface area contributed by atoms with Crippen LogP contribution in [0.3, 0.4) is 0 Å². The van der Waals surface area contributed by atoms with Crippen LogP contribution in [0.4, 0.5) is 0 Å². The van der Waals surface area contributed by atoms with Crippen molar-refractivity contribution in [1.29, 1.82) is 0 Å². The Kier molecular flexibility index (Phi) is 5.50. The van der Waals surface area contributed by atoms with Gasteiger partial charge in [-0.05, 0) is 24.8 Å². The first-order valence-electron chi connectivity index (χ1n) is 6.07. The number of nitrogens with one attached hydrogen (secondary N) is 1. The van der Waals surface area contributed by atoms with E-state index in [9.17, 15) is 0 Å². The number of benzene rings is 1. The topological polar surface area (TPSA) is 32.3 Å². The molecule has 1 aromatic rings. The van der Waals surface area contributed by atoms with E-state index in [-0.39, 0.29) is 12.6 Å². The van der Waals surface area contributed by atoms with Gasteiger partial charge in [-0.1, -0.05) is 44.2 Å². The minimum absolute atomic E-state index is 0.220. The molecule has 0 aliphatic carbocycles. The van der Waals surface area contributed by atoms with Gasteiger partial charge in [-0.3, -0.25) is 0 Å². The maximum atomic E-state index is 9.11. The van der Waals surface area contributed by atoms with Crippen LogP contribution in [0.25, 0.3) is 0 Å². The fraction of sp³-hybridized carbons (Fsp3) is 0.571. The van der Waals surface area contributed by atoms with Crippen LogP contribution in [0.1, 0.15) is 38.8 Å². The van der Waals surface area contributed by atoms with Crippen molar-refractivity contribution in [3.8, 4) is 0 Å². The molecule has 90 valence electrons. The van der Waals surface area contributed by atoms with Gasteiger partial charge in [-0.2, -0.15) is 0 Å². The van der Waals surface area contributed by atoms with Gasteiger partial charge >= 0.3 is 0 Å². The largest absolute Gasteiger partial charge is 0.396 e. The molecule has 0 spiro atoms. The van der Waals surface area contributed by atoms with Crippen LogP contribution in [0.2, 0.25) is 0 Å². The summed E-state index contributed by atoms with van der Waals surface area (Å²) in [5, 5.41) is 12.7. The molecule has 1 rings (SSSR count). The van der Waals surface area contributed by atoms with Gasteiger partial charge < -0.3 is 10.4 Å². The van der Waals surface area contributed by atoms with Crippen molar-refractivity contribution in [2.75, 3.05) is 6.61 Å². The molecule has 1 aromatic carbocycles. The summed E-state index contributed by atoms with van der Waals surface area (Å²) in [6.07, 6.45) is 0.765. The van der Waals surface area contributed by atoms with E-state index in [1.54, 1.807) is 0 Å². The van der Waals surface area contributed by atoms with E-state index in [1.165, 1.54) is 5.56 Å². The molecule has 16 heavy (non-hydrogen) atoms. The second-order valence-corrected chi connectivity index (χ2v) is 4.67. The number of aliphatic hydroxyl groups is 1. The molecule has 0 aliphatic heterocycles. The van der Waals surface area contributed by atoms with Crippen LogP contribution >= 0.6 is 0 Å². The van der Waals surface area contributed by atoms with Crippen LogP contribution < -0.4 is 5.32 Å². The molecule has 0 saturated carbocycles. The molecule has 0 radical (unpaired) electrons. The lowest BCUT2D eigenvalue weighted by Crippen LogP contribution is -2.34. The van der Waals surface area contributed by atoms with Gasteiger partial charge in [0.25, 0.3) is 0 Å². The van der Waals surface area contributed by atoms with Gasteiger partial charge in [0, 0.05) is 18.7 Å². The molecular formula is C14H23NO. The molecule has 2 N–H and O–H groups in total. The van der Waals surface area contributed by atoms with Crippen molar-refractivity contribution in [1.82, 2.24) is 5.32 Å². The zero-order chi connectivity index (χ0) is 12.0. The van der Waals surface area contributed by atoms with Crippen molar-refractivity contribution < 1.29 is 5.11 Å². The Labute approximate surface area is 98.7 Å². The summed E-state index contributed by atoms with van der Waals surface area (Å²) in [5.41, 5.74) is 1.25. The summed E-state index contributed by atoms with van der Waals surface area (Å²) in [4.78, 5) is 0. The third-order valence-corrected chi connectivity index (χ3v) is 3.08. The van der Waals surface area contributed by atoms with Crippen LogP contribution in [-0.4, -0.2) is 17.8 Å². The van der Waals surface area contributed by atoms with Crippen molar-refractivity contribution in [3.05, 3.63) is 35.9 Å². The first-order chi connectivity index (χ1) is 7.65. The van der Waals surface area contributed by atoms with Crippen LogP contribution in [0, 0.1) is 5.92 Å². The summed E-state index contributed by atoms with van der Waals surface area (Å²) in [6.45, 7) is 6.83. The first kappa shape index (κ1) is 13.2. The zero-order valence-corrected chi connectivity index (χ0v) is 10.5. The normalized spacial score (nSPS) is 15.1. The molecule has 0 amide bonds. The Hall–Kier alpha value is -0.860. The van der Waals surface area contributed by atoms with E-state index in [2.05, 4.69) is 38.2 Å². The Morgan fingerprint density at radius 3 is 2.25 bits per heavy atom. The Balaban J connectivity index is 2.68. The van der Waals surface area contributed by atoms with Gasteiger partial charge in [0.05, 0.1) is 0 Å². The van der Waals surface area contributed by atoms with E-state index in [4.69, 9.17) is 5.11 Å². The Morgan fingerprint density at radius 2 is 1.75 bits per heavy atom. The van der Waals surface area contributed by atoms with E-state index in [1.807, 2.05) is 18.2 Å². The van der Waals surface area contributed by atoms with E-state index in [0.29, 0.717) is 12.0 Å². The monoisotopic (exact) mass is 221 g/mol. The number of hydrogen-bond acceptors (Lipinski definition) is 2. The lowest BCUT2D eigenvalue weighted by atomic mass is 10.00. The van der Waals surface area contributed by atoms with Gasteiger partial charge in [-0.15, -0.1) is 0 Å². The highest BCUT2D eigenvalue weighted by molar-refractivity contribution is 5.19. The van der Waals surface area contributed by atoms with E-state index >= 15 is 0 Å². The highest BCUT2D eigenvalue weighted by atomic mass is 16.3. The van der Waals surface area contributed by atoms with Crippen molar-refractivity contribution >= 4 is 0 Å². The minimum atomic E-state index is 0.220. The molecule has 2 atom stereocenters. The van der Waals surface area contributed by atoms with E-state index in [0.717, 1.165) is 6.42 Å². The molecule has 2 heteroatoms. The highest BCUT2D eigenvalue weighted by Gasteiger charge is 2.15. The van der Waals surface area contributed by atoms with Gasteiger partial charge in [0.15, 0.2) is 0 Å². The summed E-state index contributed by atoms with van der Waals surface area (Å²) in [5.74, 6) is 0.602. The molecule has 0 aromatic heterocycles. The number of hydrogen-bond donors (Lipinski definition) is 2. The predicted octanol–water partition coefficient (Wildman–Crippen LogP) is 2.74. The molecule has 0 fully saturated rings. The molecule has 0 bridgehead atoms. The summed E-state index contributed by atoms with van der Waals surface area (Å²) in [6, 6.07) is 11.0. The van der Waals surface area contributed by atoms with Crippen LogP contribution in [-0.2, 0) is 0 Å². The van der Waals surface area contributed by atoms with Crippen molar-refractivity contribution in [2.24, 2.45) is 5.92 Å². The molecule has 0 saturated heterocycles. The average Bonchev–Trinajstić information content (AvgIpc) is 2.29. The fourth-order valence-corrected chi connectivity index (χ4v) is 1.67. The molecular weight excluding hydrogens is 198 g/mol. The second kappa shape index (κ2) is 6.66. The molecule has 0 heterocycles. The van der Waals surface area contributed by atoms with Crippen molar-refractivity contribution in [3.63, 3.8) is 0 Å². The van der Waals surface area contributed by atoms with Crippen LogP contribution in [0.5, 0.6) is 0 Å². The summed E-state index contributed by atoms with van der Waals surface area (Å²) >= 11 is 0. The first-order valence-corrected chi connectivity index (χ1v) is 6.07. The molecule has 2 nitrogen and oxygen atoms in total. The second-order valence-electron chi connectivity index (χ2n) is 4.67. The average molecular weight is 221 g/mol. The SMILES string of the molecule is CC(C)C(C)N[C@H](CCO)c1ccccc1. The Morgan fingerprint density at radius 1 is 1.12 bits per heavy atom. The van der Waals surface area contributed by atoms with Crippen molar-refractivity contribution in [2.45, 2.75) is 39.3 Å². The standard InChI is InChI=1S/C14H23NO/c1-11(2)12(3)15-14(9-10-16)13-7-5-4-6-8-13/h4-8,11-12,14-16H,9-10H2,1-3H3/t12?,14-/m1/s1. The van der Waals surface area contributed by atoms with Gasteiger partial charge in [-0.25, -0.2) is 0 Å². The van der Waals surface area contributed by atoms with Gasteiger partial charge in [0.1, 0.15) is 0 Å². The lowest BCUT2D eigenvalue weighted by Gasteiger charge is -2.25. The third-order valence-electron chi connectivity index (χ3n) is 3.08. The lowest BCUT2D eigenvalue weighted by molar-refractivity contribution is 0.253. The molecule has 1 unspecified atom stereocenters. The molecule has 0 aliphatic rings. The summed E-state index contributed by atoms with van der Waals surface area (Å²) < 4.78 is 0. The minimum Gasteiger partial charge on any atom is -0.396 e. The maximum absolute atomic E-state index is 9.11. The fourth-order valence-electron chi connectivity index (χ4n) is 1.67. The summed E-state index contributed by atoms with van der Waals surface area (Å²) in [7, 11) is 0. The Bertz CT molecular complexity index is 284. The smallest absolute Gasteiger partial charge is 0.0449 e. The predicted molar refractivity (Wildman–Crippen MR) is 68.3 cm³/mol. The van der Waals surface area contributed by atoms with Gasteiger partial charge in [0.2, 0.25) is 0 Å². The van der Waals surface area contributed by atoms with Crippen LogP contribution in [0.15, 0.2) is 30.3 Å². The highest BCUT2D eigenvalue weighted by Crippen LogP contribution is 2.18. The quantitative estimate of drug-likeness (QED) is 0.774. The number of aliphatic hydroxyl groups excluding tert-OH is 1. The number of rotatable bonds is 6. The van der Waals surface area contributed by atoms with E-state index < -0.39 is 0 Å². The maximum Gasteiger partial charge on any atom is 0.0449 e.